The third kappa shape index (κ3) is 1.36. The molecule has 0 amide bonds. The number of rotatable bonds is 0. The van der Waals surface area contributed by atoms with Gasteiger partial charge >= 0.3 is 6.18 Å². The molecular weight excluding hydrogens is 193 g/mol. The Bertz CT molecular complexity index is 468. The topological polar surface area (TPSA) is 13.1 Å². The van der Waals surface area contributed by atoms with E-state index >= 15 is 0 Å². The first kappa shape index (κ1) is 9.12. The molecule has 1 aromatic heterocycles. The largest absolute Gasteiger partial charge is 0.452 e. The van der Waals surface area contributed by atoms with E-state index in [1.54, 1.807) is 6.92 Å². The molecular formula is C10H6F3O. The quantitative estimate of drug-likeness (QED) is 0.632. The highest BCUT2D eigenvalue weighted by Crippen LogP contribution is 2.32. The van der Waals surface area contributed by atoms with Crippen LogP contribution < -0.4 is 0 Å². The van der Waals surface area contributed by atoms with Gasteiger partial charge in [-0.25, -0.2) is 0 Å². The number of fused-ring (bicyclic) bond motifs is 1. The SMILES string of the molecule is Cc1[c]oc2ccc(C(F)(F)F)cc12. The van der Waals surface area contributed by atoms with Crippen molar-refractivity contribution >= 4 is 11.0 Å². The minimum Gasteiger partial charge on any atom is -0.452 e. The summed E-state index contributed by atoms with van der Waals surface area (Å²) >= 11 is 0. The van der Waals surface area contributed by atoms with Crippen molar-refractivity contribution in [1.82, 2.24) is 0 Å². The van der Waals surface area contributed by atoms with Crippen LogP contribution in [0.3, 0.4) is 0 Å². The number of alkyl halides is 3. The van der Waals surface area contributed by atoms with E-state index in [9.17, 15) is 13.2 Å². The van der Waals surface area contributed by atoms with Crippen LogP contribution in [0.5, 0.6) is 0 Å². The van der Waals surface area contributed by atoms with Crippen LogP contribution in [0.1, 0.15) is 11.1 Å². The molecule has 1 radical (unpaired) electrons. The van der Waals surface area contributed by atoms with E-state index in [0.29, 0.717) is 16.5 Å². The second kappa shape index (κ2) is 2.77. The van der Waals surface area contributed by atoms with E-state index in [2.05, 4.69) is 6.26 Å². The maximum Gasteiger partial charge on any atom is 0.416 e. The second-order valence-corrected chi connectivity index (χ2v) is 3.04. The lowest BCUT2D eigenvalue weighted by atomic mass is 10.1. The van der Waals surface area contributed by atoms with E-state index in [1.807, 2.05) is 0 Å². The lowest BCUT2D eigenvalue weighted by Crippen LogP contribution is -2.03. The molecule has 0 atom stereocenters. The van der Waals surface area contributed by atoms with Crippen molar-refractivity contribution in [2.24, 2.45) is 0 Å². The number of hydrogen-bond donors (Lipinski definition) is 0. The fraction of sp³-hybridized carbons (Fsp3) is 0.200. The third-order valence-corrected chi connectivity index (χ3v) is 2.02. The number of halogens is 3. The number of hydrogen-bond acceptors (Lipinski definition) is 1. The number of furan rings is 1. The molecule has 0 N–H and O–H groups in total. The van der Waals surface area contributed by atoms with Crippen LogP contribution in [0.25, 0.3) is 11.0 Å². The van der Waals surface area contributed by atoms with Gasteiger partial charge in [-0.1, -0.05) is 0 Å². The van der Waals surface area contributed by atoms with E-state index < -0.39 is 11.7 Å². The summed E-state index contributed by atoms with van der Waals surface area (Å²) in [7, 11) is 0. The lowest BCUT2D eigenvalue weighted by Gasteiger charge is -2.05. The molecule has 73 valence electrons. The van der Waals surface area contributed by atoms with Crippen molar-refractivity contribution in [3.05, 3.63) is 35.6 Å². The highest BCUT2D eigenvalue weighted by atomic mass is 19.4. The molecule has 1 nitrogen and oxygen atoms in total. The van der Waals surface area contributed by atoms with E-state index in [4.69, 9.17) is 4.42 Å². The van der Waals surface area contributed by atoms with Crippen molar-refractivity contribution in [3.63, 3.8) is 0 Å². The molecule has 0 saturated heterocycles. The molecule has 14 heavy (non-hydrogen) atoms. The minimum atomic E-state index is -4.31. The molecule has 0 spiro atoms. The standard InChI is InChI=1S/C10H6F3O/c1-6-5-14-9-3-2-7(4-8(6)9)10(11,12)13/h2-4H,1H3. The molecule has 0 bridgehead atoms. The highest BCUT2D eigenvalue weighted by molar-refractivity contribution is 5.81. The molecule has 0 unspecified atom stereocenters. The highest BCUT2D eigenvalue weighted by Gasteiger charge is 2.30. The maximum absolute atomic E-state index is 12.3. The monoisotopic (exact) mass is 199 g/mol. The van der Waals surface area contributed by atoms with E-state index in [1.165, 1.54) is 6.07 Å². The van der Waals surface area contributed by atoms with Gasteiger partial charge in [0, 0.05) is 10.9 Å². The number of benzene rings is 1. The van der Waals surface area contributed by atoms with Gasteiger partial charge in [-0.3, -0.25) is 0 Å². The summed E-state index contributed by atoms with van der Waals surface area (Å²) in [6.07, 6.45) is -1.79. The van der Waals surface area contributed by atoms with Gasteiger partial charge in [-0.15, -0.1) is 0 Å². The first-order valence-corrected chi connectivity index (χ1v) is 3.96. The van der Waals surface area contributed by atoms with Crippen LogP contribution in [0.4, 0.5) is 13.2 Å². The van der Waals surface area contributed by atoms with Crippen LogP contribution >= 0.6 is 0 Å². The predicted molar refractivity (Wildman–Crippen MR) is 44.8 cm³/mol. The summed E-state index contributed by atoms with van der Waals surface area (Å²) in [6, 6.07) is 3.38. The summed E-state index contributed by atoms with van der Waals surface area (Å²) in [4.78, 5) is 0. The summed E-state index contributed by atoms with van der Waals surface area (Å²) < 4.78 is 41.9. The summed E-state index contributed by atoms with van der Waals surface area (Å²) in [5.74, 6) is 0. The van der Waals surface area contributed by atoms with E-state index in [0.717, 1.165) is 12.1 Å². The van der Waals surface area contributed by atoms with Crippen molar-refractivity contribution in [1.29, 1.82) is 0 Å². The Labute approximate surface area is 78.1 Å². The molecule has 1 aromatic carbocycles. The zero-order chi connectivity index (χ0) is 10.3. The van der Waals surface area contributed by atoms with Gasteiger partial charge in [0.15, 0.2) is 6.26 Å². The molecule has 2 aromatic rings. The van der Waals surface area contributed by atoms with Crippen LogP contribution in [0.2, 0.25) is 0 Å². The van der Waals surface area contributed by atoms with Gasteiger partial charge in [-0.05, 0) is 25.1 Å². The molecule has 0 saturated carbocycles. The maximum atomic E-state index is 12.3. The van der Waals surface area contributed by atoms with Gasteiger partial charge in [0.1, 0.15) is 5.58 Å². The Kier molecular flexibility index (Phi) is 1.80. The van der Waals surface area contributed by atoms with Gasteiger partial charge in [-0.2, -0.15) is 13.2 Å². The van der Waals surface area contributed by atoms with Gasteiger partial charge in [0.25, 0.3) is 0 Å². The molecule has 0 aliphatic rings. The molecule has 0 fully saturated rings. The predicted octanol–water partition coefficient (Wildman–Crippen LogP) is 3.56. The van der Waals surface area contributed by atoms with Crippen molar-refractivity contribution in [2.45, 2.75) is 13.1 Å². The summed E-state index contributed by atoms with van der Waals surface area (Å²) in [5.41, 5.74) is 0.351. The first-order valence-electron chi connectivity index (χ1n) is 3.96. The average molecular weight is 199 g/mol. The van der Waals surface area contributed by atoms with E-state index in [-0.39, 0.29) is 0 Å². The first-order chi connectivity index (χ1) is 6.48. The zero-order valence-corrected chi connectivity index (χ0v) is 7.27. The van der Waals surface area contributed by atoms with Crippen molar-refractivity contribution in [3.8, 4) is 0 Å². The molecule has 1 heterocycles. The van der Waals surface area contributed by atoms with Gasteiger partial charge in [0.2, 0.25) is 0 Å². The fourth-order valence-corrected chi connectivity index (χ4v) is 1.27. The smallest absolute Gasteiger partial charge is 0.416 e. The van der Waals surface area contributed by atoms with Gasteiger partial charge < -0.3 is 4.42 Å². The Balaban J connectivity index is 2.66. The van der Waals surface area contributed by atoms with Crippen LogP contribution in [0.15, 0.2) is 22.6 Å². The Morgan fingerprint density at radius 2 is 2.00 bits per heavy atom. The Morgan fingerprint density at radius 1 is 1.29 bits per heavy atom. The normalized spacial score (nSPS) is 12.3. The average Bonchev–Trinajstić information content (AvgIpc) is 2.46. The molecule has 0 aliphatic heterocycles. The molecule has 2 rings (SSSR count). The summed E-state index contributed by atoms with van der Waals surface area (Å²) in [6.45, 7) is 1.66. The Morgan fingerprint density at radius 3 is 2.64 bits per heavy atom. The van der Waals surface area contributed by atoms with Gasteiger partial charge in [0.05, 0.1) is 5.56 Å². The third-order valence-electron chi connectivity index (χ3n) is 2.02. The minimum absolute atomic E-state index is 0.426. The van der Waals surface area contributed by atoms with Crippen LogP contribution in [0, 0.1) is 13.2 Å². The summed E-state index contributed by atoms with van der Waals surface area (Å²) in [5, 5.41) is 0.458. The fourth-order valence-electron chi connectivity index (χ4n) is 1.27. The van der Waals surface area contributed by atoms with Crippen molar-refractivity contribution in [2.75, 3.05) is 0 Å². The molecule has 4 heteroatoms. The number of aryl methyl sites for hydroxylation is 1. The second-order valence-electron chi connectivity index (χ2n) is 3.04. The lowest BCUT2D eigenvalue weighted by molar-refractivity contribution is -0.137. The van der Waals surface area contributed by atoms with Crippen LogP contribution in [-0.2, 0) is 6.18 Å². The van der Waals surface area contributed by atoms with Crippen LogP contribution in [-0.4, -0.2) is 0 Å². The zero-order valence-electron chi connectivity index (χ0n) is 7.27. The van der Waals surface area contributed by atoms with Crippen molar-refractivity contribution < 1.29 is 17.6 Å². The molecule has 0 aliphatic carbocycles. The Hall–Kier alpha value is -1.45.